The lowest BCUT2D eigenvalue weighted by Gasteiger charge is -2.29. The molecular formula is C23H26N4O4. The first-order valence-corrected chi connectivity index (χ1v) is 10.3. The summed E-state index contributed by atoms with van der Waals surface area (Å²) in [6.45, 7) is 2.17. The van der Waals surface area contributed by atoms with Crippen molar-refractivity contribution in [1.82, 2.24) is 5.32 Å². The van der Waals surface area contributed by atoms with Gasteiger partial charge in [0.25, 0.3) is 0 Å². The normalized spacial score (nSPS) is 12.5. The molecule has 2 aromatic carbocycles. The standard InChI is InChI=1S/C23H26N4O4/c1-2-6-21(29)25-17-8-5-7-16(13-17)14-24-20(28)11-12-23(31)27-15-22(30)26-18-9-3-4-10-19(18)27/h3-5,7-10,13H,2,6,11-12,14-15H2,1H3,(H,24,28)(H,25,29)(H,26,30). The fourth-order valence-electron chi connectivity index (χ4n) is 3.31. The van der Waals surface area contributed by atoms with E-state index in [1.807, 2.05) is 25.1 Å². The number of amides is 4. The van der Waals surface area contributed by atoms with E-state index < -0.39 is 0 Å². The van der Waals surface area contributed by atoms with Crippen molar-refractivity contribution in [3.05, 3.63) is 54.1 Å². The Morgan fingerprint density at radius 2 is 1.81 bits per heavy atom. The van der Waals surface area contributed by atoms with E-state index in [9.17, 15) is 19.2 Å². The summed E-state index contributed by atoms with van der Waals surface area (Å²) in [6, 6.07) is 14.3. The summed E-state index contributed by atoms with van der Waals surface area (Å²) in [7, 11) is 0. The predicted molar refractivity (Wildman–Crippen MR) is 118 cm³/mol. The molecule has 0 aliphatic carbocycles. The van der Waals surface area contributed by atoms with Gasteiger partial charge in [0.1, 0.15) is 6.54 Å². The number of carbonyl (C=O) groups is 4. The Morgan fingerprint density at radius 3 is 2.61 bits per heavy atom. The van der Waals surface area contributed by atoms with Gasteiger partial charge in [-0.15, -0.1) is 0 Å². The van der Waals surface area contributed by atoms with Crippen LogP contribution in [0.2, 0.25) is 0 Å². The molecule has 4 amide bonds. The van der Waals surface area contributed by atoms with E-state index in [2.05, 4.69) is 16.0 Å². The highest BCUT2D eigenvalue weighted by Gasteiger charge is 2.26. The highest BCUT2D eigenvalue weighted by molar-refractivity contribution is 6.10. The minimum absolute atomic E-state index is 0.000558. The maximum absolute atomic E-state index is 12.6. The van der Waals surface area contributed by atoms with Crippen LogP contribution in [0.4, 0.5) is 17.1 Å². The topological polar surface area (TPSA) is 108 Å². The Bertz CT molecular complexity index is 989. The first-order chi connectivity index (χ1) is 15.0. The largest absolute Gasteiger partial charge is 0.352 e. The fourth-order valence-corrected chi connectivity index (χ4v) is 3.31. The molecule has 0 saturated carbocycles. The van der Waals surface area contributed by atoms with Crippen LogP contribution in [0.15, 0.2) is 48.5 Å². The number of hydrogen-bond acceptors (Lipinski definition) is 4. The van der Waals surface area contributed by atoms with Gasteiger partial charge in [-0.25, -0.2) is 0 Å². The van der Waals surface area contributed by atoms with Gasteiger partial charge in [-0.3, -0.25) is 19.2 Å². The maximum atomic E-state index is 12.6. The van der Waals surface area contributed by atoms with Crippen molar-refractivity contribution in [3.8, 4) is 0 Å². The molecule has 0 radical (unpaired) electrons. The second-order valence-electron chi connectivity index (χ2n) is 7.32. The zero-order valence-corrected chi connectivity index (χ0v) is 17.4. The van der Waals surface area contributed by atoms with Crippen molar-refractivity contribution in [1.29, 1.82) is 0 Å². The zero-order valence-electron chi connectivity index (χ0n) is 17.4. The predicted octanol–water partition coefficient (Wildman–Crippen LogP) is 2.81. The summed E-state index contributed by atoms with van der Waals surface area (Å²) in [5.41, 5.74) is 2.75. The number of rotatable bonds is 8. The van der Waals surface area contributed by atoms with Crippen LogP contribution in [0, 0.1) is 0 Å². The van der Waals surface area contributed by atoms with Crippen LogP contribution in [-0.4, -0.2) is 30.2 Å². The molecule has 3 N–H and O–H groups in total. The van der Waals surface area contributed by atoms with Gasteiger partial charge >= 0.3 is 0 Å². The van der Waals surface area contributed by atoms with Gasteiger partial charge in [0, 0.05) is 31.5 Å². The quantitative estimate of drug-likeness (QED) is 0.608. The van der Waals surface area contributed by atoms with Gasteiger partial charge in [-0.05, 0) is 36.2 Å². The number of anilines is 3. The van der Waals surface area contributed by atoms with Crippen molar-refractivity contribution in [2.75, 3.05) is 22.1 Å². The Labute approximate surface area is 181 Å². The second-order valence-corrected chi connectivity index (χ2v) is 7.32. The van der Waals surface area contributed by atoms with Crippen LogP contribution < -0.4 is 20.9 Å². The lowest BCUT2D eigenvalue weighted by molar-refractivity contribution is -0.125. The third-order valence-electron chi connectivity index (χ3n) is 4.82. The second kappa shape index (κ2) is 10.4. The molecule has 1 aliphatic heterocycles. The third-order valence-corrected chi connectivity index (χ3v) is 4.82. The maximum Gasteiger partial charge on any atom is 0.244 e. The number of para-hydroxylation sites is 2. The Morgan fingerprint density at radius 1 is 1.00 bits per heavy atom. The molecule has 31 heavy (non-hydrogen) atoms. The average molecular weight is 422 g/mol. The van der Waals surface area contributed by atoms with E-state index in [0.29, 0.717) is 30.0 Å². The van der Waals surface area contributed by atoms with Gasteiger partial charge in [-0.2, -0.15) is 0 Å². The minimum atomic E-state index is -0.280. The van der Waals surface area contributed by atoms with E-state index >= 15 is 0 Å². The summed E-state index contributed by atoms with van der Waals surface area (Å²) in [5.74, 6) is -0.848. The number of nitrogens with one attached hydrogen (secondary N) is 3. The summed E-state index contributed by atoms with van der Waals surface area (Å²) in [6.07, 6.45) is 1.25. The van der Waals surface area contributed by atoms with E-state index in [1.165, 1.54) is 4.90 Å². The SMILES string of the molecule is CCCC(=O)Nc1cccc(CNC(=O)CCC(=O)N2CC(=O)Nc3ccccc32)c1. The number of hydrogen-bond donors (Lipinski definition) is 3. The van der Waals surface area contributed by atoms with E-state index in [-0.39, 0.29) is 43.0 Å². The van der Waals surface area contributed by atoms with Crippen LogP contribution in [0.5, 0.6) is 0 Å². The molecule has 2 aromatic rings. The first-order valence-electron chi connectivity index (χ1n) is 10.3. The van der Waals surface area contributed by atoms with Crippen molar-refractivity contribution >= 4 is 40.7 Å². The van der Waals surface area contributed by atoms with E-state index in [0.717, 1.165) is 12.0 Å². The van der Waals surface area contributed by atoms with E-state index in [1.54, 1.807) is 30.3 Å². The molecule has 8 nitrogen and oxygen atoms in total. The fraction of sp³-hybridized carbons (Fsp3) is 0.304. The number of benzene rings is 2. The molecular weight excluding hydrogens is 396 g/mol. The molecule has 0 aromatic heterocycles. The molecule has 162 valence electrons. The van der Waals surface area contributed by atoms with Crippen molar-refractivity contribution < 1.29 is 19.2 Å². The van der Waals surface area contributed by atoms with Crippen LogP contribution in [0.1, 0.15) is 38.2 Å². The number of nitrogens with zero attached hydrogens (tertiary/aromatic N) is 1. The van der Waals surface area contributed by atoms with Crippen LogP contribution in [-0.2, 0) is 25.7 Å². The van der Waals surface area contributed by atoms with Gasteiger partial charge in [0.2, 0.25) is 23.6 Å². The third kappa shape index (κ3) is 6.15. The van der Waals surface area contributed by atoms with Gasteiger partial charge in [-0.1, -0.05) is 31.2 Å². The van der Waals surface area contributed by atoms with Crippen molar-refractivity contribution in [3.63, 3.8) is 0 Å². The molecule has 0 unspecified atom stereocenters. The molecule has 0 fully saturated rings. The minimum Gasteiger partial charge on any atom is -0.352 e. The summed E-state index contributed by atoms with van der Waals surface area (Å²) in [4.78, 5) is 49.8. The van der Waals surface area contributed by atoms with Gasteiger partial charge < -0.3 is 20.9 Å². The van der Waals surface area contributed by atoms with Crippen LogP contribution >= 0.6 is 0 Å². The molecule has 1 aliphatic rings. The molecule has 0 bridgehead atoms. The van der Waals surface area contributed by atoms with Gasteiger partial charge in [0.15, 0.2) is 0 Å². The van der Waals surface area contributed by atoms with Crippen LogP contribution in [0.25, 0.3) is 0 Å². The van der Waals surface area contributed by atoms with Crippen LogP contribution in [0.3, 0.4) is 0 Å². The number of carbonyl (C=O) groups excluding carboxylic acids is 4. The molecule has 0 spiro atoms. The smallest absolute Gasteiger partial charge is 0.244 e. The first kappa shape index (κ1) is 22.0. The summed E-state index contributed by atoms with van der Waals surface area (Å²) in [5, 5.41) is 8.35. The van der Waals surface area contributed by atoms with E-state index in [4.69, 9.17) is 0 Å². The molecule has 0 atom stereocenters. The zero-order chi connectivity index (χ0) is 22.2. The monoisotopic (exact) mass is 422 g/mol. The summed E-state index contributed by atoms with van der Waals surface area (Å²) < 4.78 is 0. The Kier molecular flexibility index (Phi) is 7.37. The Balaban J connectivity index is 1.49. The molecule has 8 heteroatoms. The Hall–Kier alpha value is -3.68. The highest BCUT2D eigenvalue weighted by atomic mass is 16.2. The number of fused-ring (bicyclic) bond motifs is 1. The molecule has 0 saturated heterocycles. The molecule has 1 heterocycles. The lowest BCUT2D eigenvalue weighted by Crippen LogP contribution is -2.42. The molecule has 3 rings (SSSR count). The summed E-state index contributed by atoms with van der Waals surface area (Å²) >= 11 is 0. The van der Waals surface area contributed by atoms with Crippen molar-refractivity contribution in [2.45, 2.75) is 39.2 Å². The van der Waals surface area contributed by atoms with Crippen molar-refractivity contribution in [2.24, 2.45) is 0 Å². The lowest BCUT2D eigenvalue weighted by atomic mass is 10.1. The highest BCUT2D eigenvalue weighted by Crippen LogP contribution is 2.29. The average Bonchev–Trinajstić information content (AvgIpc) is 2.75. The van der Waals surface area contributed by atoms with Gasteiger partial charge in [0.05, 0.1) is 11.4 Å².